The lowest BCUT2D eigenvalue weighted by molar-refractivity contribution is 0.0526. The minimum atomic E-state index is -0.335. The zero-order valence-corrected chi connectivity index (χ0v) is 14.2. The van der Waals surface area contributed by atoms with Crippen LogP contribution in [0.1, 0.15) is 37.6 Å². The van der Waals surface area contributed by atoms with Gasteiger partial charge in [-0.1, -0.05) is 13.8 Å². The molecule has 1 aromatic heterocycles. The second-order valence-corrected chi connectivity index (χ2v) is 5.70. The molecule has 0 bridgehead atoms. The van der Waals surface area contributed by atoms with E-state index in [4.69, 9.17) is 4.74 Å². The Hall–Kier alpha value is -2.70. The Morgan fingerprint density at radius 2 is 2.00 bits per heavy atom. The topological polar surface area (TPSA) is 89.0 Å². The number of rotatable bonds is 8. The van der Waals surface area contributed by atoms with Crippen molar-refractivity contribution in [3.05, 3.63) is 36.0 Å². The number of ether oxygens (including phenoxy) is 1. The van der Waals surface area contributed by atoms with Crippen molar-refractivity contribution in [1.29, 1.82) is 0 Å². The zero-order chi connectivity index (χ0) is 17.4. The molecule has 128 valence electrons. The van der Waals surface area contributed by atoms with Crippen molar-refractivity contribution in [2.75, 3.05) is 23.8 Å². The summed E-state index contributed by atoms with van der Waals surface area (Å²) < 4.78 is 4.95. The average molecular weight is 329 g/mol. The molecule has 1 aromatic carbocycles. The van der Waals surface area contributed by atoms with Gasteiger partial charge in [0.25, 0.3) is 0 Å². The number of carbonyl (C=O) groups is 1. The molecule has 0 fully saturated rings. The molecule has 2 aromatic rings. The maximum atomic E-state index is 11.6. The highest BCUT2D eigenvalue weighted by atomic mass is 16.5. The summed E-state index contributed by atoms with van der Waals surface area (Å²) in [5.74, 6) is 1.37. The normalized spacial score (nSPS) is 10.5. The Morgan fingerprint density at radius 3 is 2.67 bits per heavy atom. The van der Waals surface area contributed by atoms with Crippen molar-refractivity contribution >= 4 is 23.4 Å². The number of anilines is 3. The number of esters is 1. The summed E-state index contributed by atoms with van der Waals surface area (Å²) in [6.45, 7) is 7.32. The Bertz CT molecular complexity index is 658. The maximum absolute atomic E-state index is 11.6. The first-order valence-corrected chi connectivity index (χ1v) is 8.06. The van der Waals surface area contributed by atoms with Crippen molar-refractivity contribution in [2.45, 2.75) is 27.2 Å². The van der Waals surface area contributed by atoms with Gasteiger partial charge in [-0.2, -0.15) is 10.1 Å². The molecule has 0 radical (unpaired) electrons. The van der Waals surface area contributed by atoms with E-state index >= 15 is 0 Å². The summed E-state index contributed by atoms with van der Waals surface area (Å²) in [6, 6.07) is 6.93. The fourth-order valence-electron chi connectivity index (χ4n) is 1.96. The van der Waals surface area contributed by atoms with Gasteiger partial charge >= 0.3 is 5.97 Å². The molecule has 0 aliphatic rings. The zero-order valence-electron chi connectivity index (χ0n) is 14.2. The van der Waals surface area contributed by atoms with Gasteiger partial charge in [-0.25, -0.2) is 4.79 Å². The Balaban J connectivity index is 1.96. The SMILES string of the molecule is CCOC(=O)c1ccc(Nc2nncc(NCCC(C)C)n2)cc1. The molecule has 7 nitrogen and oxygen atoms in total. The average Bonchev–Trinajstić information content (AvgIpc) is 2.56. The highest BCUT2D eigenvalue weighted by Gasteiger charge is 2.06. The van der Waals surface area contributed by atoms with Crippen molar-refractivity contribution < 1.29 is 9.53 Å². The fourth-order valence-corrected chi connectivity index (χ4v) is 1.96. The van der Waals surface area contributed by atoms with Crippen LogP contribution in [0.2, 0.25) is 0 Å². The monoisotopic (exact) mass is 329 g/mol. The van der Waals surface area contributed by atoms with E-state index in [1.165, 1.54) is 0 Å². The predicted molar refractivity (Wildman–Crippen MR) is 93.5 cm³/mol. The van der Waals surface area contributed by atoms with Gasteiger partial charge in [0.05, 0.1) is 18.4 Å². The third kappa shape index (κ3) is 5.49. The van der Waals surface area contributed by atoms with Crippen LogP contribution in [0.3, 0.4) is 0 Å². The Labute approximate surface area is 141 Å². The molecule has 0 saturated carbocycles. The van der Waals surface area contributed by atoms with Gasteiger partial charge in [-0.3, -0.25) is 0 Å². The third-order valence-corrected chi connectivity index (χ3v) is 3.24. The first kappa shape index (κ1) is 17.7. The predicted octanol–water partition coefficient (Wildman–Crippen LogP) is 3.25. The number of hydrogen-bond donors (Lipinski definition) is 2. The minimum Gasteiger partial charge on any atom is -0.462 e. The van der Waals surface area contributed by atoms with Gasteiger partial charge in [-0.15, -0.1) is 5.10 Å². The van der Waals surface area contributed by atoms with Gasteiger partial charge in [0.15, 0.2) is 5.82 Å². The number of hydrogen-bond acceptors (Lipinski definition) is 7. The summed E-state index contributed by atoms with van der Waals surface area (Å²) in [6.07, 6.45) is 2.65. The largest absolute Gasteiger partial charge is 0.462 e. The van der Waals surface area contributed by atoms with Gasteiger partial charge in [-0.05, 0) is 43.5 Å². The van der Waals surface area contributed by atoms with E-state index in [-0.39, 0.29) is 5.97 Å². The van der Waals surface area contributed by atoms with Crippen molar-refractivity contribution in [3.63, 3.8) is 0 Å². The molecular formula is C17H23N5O2. The summed E-state index contributed by atoms with van der Waals surface area (Å²) >= 11 is 0. The maximum Gasteiger partial charge on any atom is 0.338 e. The summed E-state index contributed by atoms with van der Waals surface area (Å²) in [5, 5.41) is 14.2. The summed E-state index contributed by atoms with van der Waals surface area (Å²) in [4.78, 5) is 16.0. The van der Waals surface area contributed by atoms with E-state index in [0.717, 1.165) is 18.7 Å². The summed E-state index contributed by atoms with van der Waals surface area (Å²) in [7, 11) is 0. The van der Waals surface area contributed by atoms with Crippen molar-refractivity contribution in [1.82, 2.24) is 15.2 Å². The standard InChI is InChI=1S/C17H23N5O2/c1-4-24-16(23)13-5-7-14(8-6-13)20-17-21-15(11-19-22-17)18-10-9-12(2)3/h5-8,11-12H,4,9-10H2,1-3H3,(H2,18,20,21,22). The Morgan fingerprint density at radius 1 is 1.25 bits per heavy atom. The number of nitrogens with zero attached hydrogens (tertiary/aromatic N) is 3. The molecule has 0 aliphatic carbocycles. The number of carbonyl (C=O) groups excluding carboxylic acids is 1. The Kier molecular flexibility index (Phi) is 6.48. The first-order chi connectivity index (χ1) is 11.6. The van der Waals surface area contributed by atoms with E-state index in [2.05, 4.69) is 39.7 Å². The second-order valence-electron chi connectivity index (χ2n) is 5.70. The lowest BCUT2D eigenvalue weighted by Crippen LogP contribution is -2.08. The lowest BCUT2D eigenvalue weighted by atomic mass is 10.1. The minimum absolute atomic E-state index is 0.335. The van der Waals surface area contributed by atoms with Crippen LogP contribution in [0.25, 0.3) is 0 Å². The molecule has 0 amide bonds. The molecule has 0 unspecified atom stereocenters. The van der Waals surface area contributed by atoms with E-state index in [1.807, 2.05) is 0 Å². The van der Waals surface area contributed by atoms with Crippen molar-refractivity contribution in [2.24, 2.45) is 5.92 Å². The first-order valence-electron chi connectivity index (χ1n) is 8.06. The van der Waals surface area contributed by atoms with Gasteiger partial charge in [0.2, 0.25) is 5.95 Å². The van der Waals surface area contributed by atoms with Gasteiger partial charge in [0.1, 0.15) is 0 Å². The van der Waals surface area contributed by atoms with E-state index in [9.17, 15) is 4.79 Å². The quantitative estimate of drug-likeness (QED) is 0.719. The van der Waals surface area contributed by atoms with E-state index < -0.39 is 0 Å². The van der Waals surface area contributed by atoms with Crippen LogP contribution in [0.15, 0.2) is 30.5 Å². The van der Waals surface area contributed by atoms with Crippen LogP contribution in [0, 0.1) is 5.92 Å². The van der Waals surface area contributed by atoms with E-state index in [0.29, 0.717) is 29.9 Å². The molecule has 0 atom stereocenters. The van der Waals surface area contributed by atoms with Gasteiger partial charge < -0.3 is 15.4 Å². The summed E-state index contributed by atoms with van der Waals surface area (Å²) in [5.41, 5.74) is 1.27. The molecule has 7 heteroatoms. The van der Waals surface area contributed by atoms with Gasteiger partial charge in [0, 0.05) is 12.2 Å². The van der Waals surface area contributed by atoms with Crippen LogP contribution in [-0.4, -0.2) is 34.3 Å². The number of aromatic nitrogens is 3. The van der Waals surface area contributed by atoms with Crippen LogP contribution < -0.4 is 10.6 Å². The fraction of sp³-hybridized carbons (Fsp3) is 0.412. The second kappa shape index (κ2) is 8.81. The molecule has 24 heavy (non-hydrogen) atoms. The molecule has 1 heterocycles. The van der Waals surface area contributed by atoms with Crippen LogP contribution in [0.5, 0.6) is 0 Å². The molecule has 0 spiro atoms. The van der Waals surface area contributed by atoms with Crippen molar-refractivity contribution in [3.8, 4) is 0 Å². The van der Waals surface area contributed by atoms with Crippen LogP contribution in [0.4, 0.5) is 17.5 Å². The molecule has 0 aliphatic heterocycles. The molecule has 0 saturated heterocycles. The lowest BCUT2D eigenvalue weighted by Gasteiger charge is -2.09. The molecular weight excluding hydrogens is 306 g/mol. The number of nitrogens with one attached hydrogen (secondary N) is 2. The van der Waals surface area contributed by atoms with Crippen LogP contribution >= 0.6 is 0 Å². The third-order valence-electron chi connectivity index (χ3n) is 3.24. The smallest absolute Gasteiger partial charge is 0.338 e. The van der Waals surface area contributed by atoms with E-state index in [1.54, 1.807) is 37.4 Å². The highest BCUT2D eigenvalue weighted by Crippen LogP contribution is 2.15. The highest BCUT2D eigenvalue weighted by molar-refractivity contribution is 5.89. The molecule has 2 rings (SSSR count). The number of benzene rings is 1. The molecule has 2 N–H and O–H groups in total. The van der Waals surface area contributed by atoms with Crippen LogP contribution in [-0.2, 0) is 4.74 Å².